The van der Waals surface area contributed by atoms with Gasteiger partial charge in [-0.15, -0.1) is 0 Å². The van der Waals surface area contributed by atoms with E-state index in [1.807, 2.05) is 30.3 Å². The lowest BCUT2D eigenvalue weighted by Gasteiger charge is -2.38. The monoisotopic (exact) mass is 318 g/mol. The number of rotatable bonds is 5. The van der Waals surface area contributed by atoms with Gasteiger partial charge < -0.3 is 20.1 Å². The van der Waals surface area contributed by atoms with E-state index in [1.165, 1.54) is 4.90 Å². The lowest BCUT2D eigenvalue weighted by molar-refractivity contribution is -0.153. The number of carbonyl (C=O) groups excluding carboxylic acids is 1. The summed E-state index contributed by atoms with van der Waals surface area (Å²) in [7, 11) is 0. The number of hydrogen-bond acceptors (Lipinski definition) is 4. The number of ether oxygens (including phenoxy) is 1. The van der Waals surface area contributed by atoms with Gasteiger partial charge in [0.05, 0.1) is 6.61 Å². The molecule has 2 rings (SSSR count). The van der Waals surface area contributed by atoms with E-state index >= 15 is 0 Å². The molecular formula is C17H22N2O4. The van der Waals surface area contributed by atoms with E-state index in [1.54, 1.807) is 19.9 Å². The van der Waals surface area contributed by atoms with Crippen LogP contribution in [0.2, 0.25) is 0 Å². The van der Waals surface area contributed by atoms with E-state index in [-0.39, 0.29) is 19.7 Å². The average Bonchev–Trinajstić information content (AvgIpc) is 2.54. The highest BCUT2D eigenvalue weighted by Gasteiger charge is 2.43. The van der Waals surface area contributed by atoms with Crippen LogP contribution in [0.5, 0.6) is 0 Å². The van der Waals surface area contributed by atoms with Crippen molar-refractivity contribution in [1.82, 2.24) is 10.2 Å². The Labute approximate surface area is 135 Å². The van der Waals surface area contributed by atoms with Crippen LogP contribution in [0.15, 0.2) is 42.1 Å². The van der Waals surface area contributed by atoms with Gasteiger partial charge in [-0.05, 0) is 25.5 Å². The zero-order chi connectivity index (χ0) is 16.9. The third-order valence-corrected chi connectivity index (χ3v) is 3.94. The molecule has 2 N–H and O–H groups in total. The first-order chi connectivity index (χ1) is 11.0. The standard InChI is InChI=1S/C17H22N2O4/c1-3-23-15(20)17(2)12-19(16(21)22)10-9-14(17)18-11-13-7-5-4-6-8-13/h4-9,18H,3,10-12H2,1-2H3,(H,21,22). The lowest BCUT2D eigenvalue weighted by Crippen LogP contribution is -2.51. The molecule has 0 aliphatic carbocycles. The highest BCUT2D eigenvalue weighted by molar-refractivity contribution is 5.81. The molecule has 6 nitrogen and oxygen atoms in total. The summed E-state index contributed by atoms with van der Waals surface area (Å²) in [5.74, 6) is -0.419. The summed E-state index contributed by atoms with van der Waals surface area (Å²) >= 11 is 0. The third kappa shape index (κ3) is 3.83. The van der Waals surface area contributed by atoms with Gasteiger partial charge in [-0.3, -0.25) is 4.79 Å². The summed E-state index contributed by atoms with van der Waals surface area (Å²) in [5.41, 5.74) is 0.763. The molecule has 6 heteroatoms. The van der Waals surface area contributed by atoms with E-state index in [2.05, 4.69) is 5.32 Å². The minimum atomic E-state index is -1.04. The summed E-state index contributed by atoms with van der Waals surface area (Å²) in [6, 6.07) is 9.81. The maximum atomic E-state index is 12.4. The Balaban J connectivity index is 2.19. The van der Waals surface area contributed by atoms with Crippen molar-refractivity contribution in [3.05, 3.63) is 47.7 Å². The van der Waals surface area contributed by atoms with Gasteiger partial charge >= 0.3 is 12.1 Å². The zero-order valence-corrected chi connectivity index (χ0v) is 13.4. The highest BCUT2D eigenvalue weighted by Crippen LogP contribution is 2.32. The maximum absolute atomic E-state index is 12.4. The molecule has 1 aromatic carbocycles. The Hall–Kier alpha value is -2.50. The van der Waals surface area contributed by atoms with Crippen LogP contribution in [-0.2, 0) is 16.1 Å². The second-order valence-electron chi connectivity index (χ2n) is 5.67. The first-order valence-electron chi connectivity index (χ1n) is 7.61. The molecule has 0 aromatic heterocycles. The van der Waals surface area contributed by atoms with E-state index in [9.17, 15) is 14.7 Å². The predicted molar refractivity (Wildman–Crippen MR) is 85.7 cm³/mol. The van der Waals surface area contributed by atoms with Crippen molar-refractivity contribution in [2.45, 2.75) is 20.4 Å². The number of amides is 1. The molecule has 0 radical (unpaired) electrons. The molecule has 0 fully saturated rings. The van der Waals surface area contributed by atoms with Crippen LogP contribution in [0.3, 0.4) is 0 Å². The van der Waals surface area contributed by atoms with Crippen molar-refractivity contribution < 1.29 is 19.4 Å². The fourth-order valence-electron chi connectivity index (χ4n) is 2.63. The molecule has 1 unspecified atom stereocenters. The van der Waals surface area contributed by atoms with Gasteiger partial charge in [0.1, 0.15) is 5.41 Å². The number of benzene rings is 1. The molecule has 0 saturated heterocycles. The second-order valence-corrected chi connectivity index (χ2v) is 5.67. The normalized spacial score (nSPS) is 20.6. The highest BCUT2D eigenvalue weighted by atomic mass is 16.5. The summed E-state index contributed by atoms with van der Waals surface area (Å²) in [6.45, 7) is 4.60. The first kappa shape index (κ1) is 16.9. The number of hydrogen-bond donors (Lipinski definition) is 2. The Morgan fingerprint density at radius 1 is 1.35 bits per heavy atom. The Kier molecular flexibility index (Phi) is 5.26. The smallest absolute Gasteiger partial charge is 0.407 e. The average molecular weight is 318 g/mol. The first-order valence-corrected chi connectivity index (χ1v) is 7.61. The zero-order valence-electron chi connectivity index (χ0n) is 13.4. The fourth-order valence-corrected chi connectivity index (χ4v) is 2.63. The summed E-state index contributed by atoms with van der Waals surface area (Å²) in [5, 5.41) is 12.5. The van der Waals surface area contributed by atoms with Crippen molar-refractivity contribution in [1.29, 1.82) is 0 Å². The number of nitrogens with zero attached hydrogens (tertiary/aromatic N) is 1. The Bertz CT molecular complexity index is 600. The van der Waals surface area contributed by atoms with Crippen molar-refractivity contribution in [2.75, 3.05) is 19.7 Å². The SMILES string of the molecule is CCOC(=O)C1(C)CN(C(=O)O)CC=C1NCc1ccccc1. The van der Waals surface area contributed by atoms with Gasteiger partial charge in [-0.25, -0.2) is 4.79 Å². The van der Waals surface area contributed by atoms with Gasteiger partial charge in [0.15, 0.2) is 0 Å². The summed E-state index contributed by atoms with van der Waals surface area (Å²) in [6.07, 6.45) is 0.705. The van der Waals surface area contributed by atoms with E-state index in [0.29, 0.717) is 12.2 Å². The summed E-state index contributed by atoms with van der Waals surface area (Å²) in [4.78, 5) is 24.8. The molecule has 1 aliphatic heterocycles. The van der Waals surface area contributed by atoms with E-state index in [4.69, 9.17) is 4.74 Å². The molecule has 124 valence electrons. The van der Waals surface area contributed by atoms with Crippen molar-refractivity contribution in [2.24, 2.45) is 5.41 Å². The van der Waals surface area contributed by atoms with Crippen LogP contribution >= 0.6 is 0 Å². The molecule has 0 spiro atoms. The molecule has 0 bridgehead atoms. The summed E-state index contributed by atoms with van der Waals surface area (Å²) < 4.78 is 5.16. The van der Waals surface area contributed by atoms with Crippen molar-refractivity contribution in [3.8, 4) is 0 Å². The van der Waals surface area contributed by atoms with Gasteiger partial charge in [0.25, 0.3) is 0 Å². The molecule has 1 atom stereocenters. The minimum Gasteiger partial charge on any atom is -0.465 e. The lowest BCUT2D eigenvalue weighted by atomic mass is 9.83. The fraction of sp³-hybridized carbons (Fsp3) is 0.412. The molecule has 1 amide bonds. The number of carbonyl (C=O) groups is 2. The Morgan fingerprint density at radius 2 is 2.04 bits per heavy atom. The molecule has 1 aromatic rings. The topological polar surface area (TPSA) is 78.9 Å². The van der Waals surface area contributed by atoms with E-state index < -0.39 is 17.5 Å². The van der Waals surface area contributed by atoms with Crippen LogP contribution in [0, 0.1) is 5.41 Å². The second kappa shape index (κ2) is 7.17. The van der Waals surface area contributed by atoms with Crippen LogP contribution in [-0.4, -0.2) is 41.8 Å². The minimum absolute atomic E-state index is 0.0782. The Morgan fingerprint density at radius 3 is 2.65 bits per heavy atom. The molecule has 0 saturated carbocycles. The predicted octanol–water partition coefficient (Wildman–Crippen LogP) is 2.22. The molecule has 23 heavy (non-hydrogen) atoms. The van der Waals surface area contributed by atoms with Crippen LogP contribution < -0.4 is 5.32 Å². The van der Waals surface area contributed by atoms with Crippen LogP contribution in [0.4, 0.5) is 4.79 Å². The van der Waals surface area contributed by atoms with Crippen molar-refractivity contribution in [3.63, 3.8) is 0 Å². The molecule has 1 heterocycles. The van der Waals surface area contributed by atoms with Crippen LogP contribution in [0.1, 0.15) is 19.4 Å². The maximum Gasteiger partial charge on any atom is 0.407 e. The quantitative estimate of drug-likeness (QED) is 0.814. The molecular weight excluding hydrogens is 296 g/mol. The van der Waals surface area contributed by atoms with Gasteiger partial charge in [0.2, 0.25) is 0 Å². The number of esters is 1. The van der Waals surface area contributed by atoms with Gasteiger partial charge in [-0.2, -0.15) is 0 Å². The van der Waals surface area contributed by atoms with Crippen LogP contribution in [0.25, 0.3) is 0 Å². The third-order valence-electron chi connectivity index (χ3n) is 3.94. The largest absolute Gasteiger partial charge is 0.465 e. The van der Waals surface area contributed by atoms with E-state index in [0.717, 1.165) is 5.56 Å². The van der Waals surface area contributed by atoms with Crippen molar-refractivity contribution >= 4 is 12.1 Å². The number of carboxylic acid groups (broad SMARTS) is 1. The van der Waals surface area contributed by atoms with Gasteiger partial charge in [-0.1, -0.05) is 30.3 Å². The van der Waals surface area contributed by atoms with Gasteiger partial charge in [0, 0.05) is 25.3 Å². The number of nitrogens with one attached hydrogen (secondary N) is 1. The molecule has 1 aliphatic rings.